The largest absolute Gasteiger partial charge is 0.348 e. The lowest BCUT2D eigenvalue weighted by molar-refractivity contribution is 0.0941. The number of benzene rings is 1. The zero-order valence-corrected chi connectivity index (χ0v) is 13.6. The normalized spacial score (nSPS) is 16.8. The van der Waals surface area contributed by atoms with Crippen LogP contribution in [0.2, 0.25) is 0 Å². The van der Waals surface area contributed by atoms with Crippen LogP contribution in [0.3, 0.4) is 0 Å². The molecule has 7 heteroatoms. The van der Waals surface area contributed by atoms with Gasteiger partial charge in [0.15, 0.2) is 0 Å². The van der Waals surface area contributed by atoms with Gasteiger partial charge in [0.1, 0.15) is 0 Å². The molecule has 0 aromatic heterocycles. The van der Waals surface area contributed by atoms with Gasteiger partial charge in [-0.1, -0.05) is 12.1 Å². The molecule has 0 spiro atoms. The molecule has 22 heavy (non-hydrogen) atoms. The summed E-state index contributed by atoms with van der Waals surface area (Å²) in [7, 11) is 0. The molecule has 1 fully saturated rings. The van der Waals surface area contributed by atoms with E-state index < -0.39 is 0 Å². The van der Waals surface area contributed by atoms with Crippen LogP contribution in [0.4, 0.5) is 10.5 Å². The molecule has 1 saturated heterocycles. The number of anilines is 1. The van der Waals surface area contributed by atoms with Crippen molar-refractivity contribution in [2.45, 2.75) is 32.4 Å². The van der Waals surface area contributed by atoms with Gasteiger partial charge in [-0.3, -0.25) is 4.79 Å². The lowest BCUT2D eigenvalue weighted by atomic mass is 10.1. The van der Waals surface area contributed by atoms with Crippen LogP contribution in [0.1, 0.15) is 30.6 Å². The molecule has 1 atom stereocenters. The van der Waals surface area contributed by atoms with Gasteiger partial charge in [-0.05, 0) is 38.9 Å². The molecule has 3 amide bonds. The van der Waals surface area contributed by atoms with E-state index in [1.807, 2.05) is 13.8 Å². The van der Waals surface area contributed by atoms with Crippen LogP contribution in [0.5, 0.6) is 0 Å². The second-order valence-corrected chi connectivity index (χ2v) is 5.46. The van der Waals surface area contributed by atoms with Gasteiger partial charge in [0.2, 0.25) is 0 Å². The van der Waals surface area contributed by atoms with Gasteiger partial charge in [-0.15, -0.1) is 12.4 Å². The molecule has 0 bridgehead atoms. The van der Waals surface area contributed by atoms with E-state index in [0.29, 0.717) is 11.3 Å². The predicted octanol–water partition coefficient (Wildman–Crippen LogP) is 1.73. The van der Waals surface area contributed by atoms with Gasteiger partial charge in [0.05, 0.1) is 11.3 Å². The van der Waals surface area contributed by atoms with E-state index in [2.05, 4.69) is 21.3 Å². The Labute approximate surface area is 136 Å². The summed E-state index contributed by atoms with van der Waals surface area (Å²) >= 11 is 0. The number of amides is 3. The van der Waals surface area contributed by atoms with Crippen molar-refractivity contribution < 1.29 is 9.59 Å². The van der Waals surface area contributed by atoms with Gasteiger partial charge in [-0.25, -0.2) is 4.79 Å². The van der Waals surface area contributed by atoms with Crippen molar-refractivity contribution in [3.63, 3.8) is 0 Å². The first-order valence-corrected chi connectivity index (χ1v) is 7.24. The predicted molar refractivity (Wildman–Crippen MR) is 89.7 cm³/mol. The average Bonchev–Trinajstić information content (AvgIpc) is 2.91. The van der Waals surface area contributed by atoms with Crippen LogP contribution in [0, 0.1) is 0 Å². The Morgan fingerprint density at radius 2 is 2.00 bits per heavy atom. The number of rotatable bonds is 4. The molecule has 1 aliphatic rings. The minimum absolute atomic E-state index is 0. The molecule has 1 heterocycles. The Hall–Kier alpha value is -1.79. The van der Waals surface area contributed by atoms with E-state index in [0.717, 1.165) is 19.5 Å². The van der Waals surface area contributed by atoms with E-state index in [1.54, 1.807) is 24.3 Å². The van der Waals surface area contributed by atoms with Crippen LogP contribution in [-0.4, -0.2) is 37.1 Å². The molecule has 1 aliphatic heterocycles. The highest BCUT2D eigenvalue weighted by atomic mass is 35.5. The summed E-state index contributed by atoms with van der Waals surface area (Å²) in [6.45, 7) is 5.47. The lowest BCUT2D eigenvalue weighted by Crippen LogP contribution is -2.38. The molecular formula is C15H23ClN4O2. The summed E-state index contributed by atoms with van der Waals surface area (Å²) in [6, 6.07) is 6.88. The van der Waals surface area contributed by atoms with Crippen molar-refractivity contribution in [3.8, 4) is 0 Å². The smallest absolute Gasteiger partial charge is 0.319 e. The fourth-order valence-electron chi connectivity index (χ4n) is 2.25. The van der Waals surface area contributed by atoms with E-state index in [-0.39, 0.29) is 36.4 Å². The summed E-state index contributed by atoms with van der Waals surface area (Å²) in [4.78, 5) is 24.1. The van der Waals surface area contributed by atoms with Gasteiger partial charge in [0, 0.05) is 18.6 Å². The number of hydrogen-bond acceptors (Lipinski definition) is 3. The van der Waals surface area contributed by atoms with Crippen molar-refractivity contribution >= 4 is 30.0 Å². The van der Waals surface area contributed by atoms with Crippen LogP contribution < -0.4 is 21.3 Å². The maximum atomic E-state index is 12.3. The van der Waals surface area contributed by atoms with Gasteiger partial charge < -0.3 is 21.3 Å². The van der Waals surface area contributed by atoms with Crippen molar-refractivity contribution in [1.82, 2.24) is 16.0 Å². The molecule has 0 radical (unpaired) electrons. The molecule has 4 N–H and O–H groups in total. The maximum Gasteiger partial charge on any atom is 0.319 e. The molecule has 0 saturated carbocycles. The highest BCUT2D eigenvalue weighted by Gasteiger charge is 2.19. The van der Waals surface area contributed by atoms with E-state index >= 15 is 0 Å². The fourth-order valence-corrected chi connectivity index (χ4v) is 2.25. The zero-order valence-electron chi connectivity index (χ0n) is 12.8. The average molecular weight is 327 g/mol. The van der Waals surface area contributed by atoms with Crippen molar-refractivity contribution in [2.75, 3.05) is 18.4 Å². The summed E-state index contributed by atoms with van der Waals surface area (Å²) in [5.41, 5.74) is 0.988. The van der Waals surface area contributed by atoms with Gasteiger partial charge >= 0.3 is 6.03 Å². The van der Waals surface area contributed by atoms with Gasteiger partial charge in [0.25, 0.3) is 5.91 Å². The molecule has 1 aromatic carbocycles. The lowest BCUT2D eigenvalue weighted by Gasteiger charge is -2.15. The van der Waals surface area contributed by atoms with E-state index in [9.17, 15) is 9.59 Å². The molecule has 1 unspecified atom stereocenters. The van der Waals surface area contributed by atoms with Crippen LogP contribution in [0.15, 0.2) is 24.3 Å². The number of para-hydroxylation sites is 1. The minimum atomic E-state index is -0.312. The van der Waals surface area contributed by atoms with E-state index in [1.165, 1.54) is 0 Å². The molecule has 0 aliphatic carbocycles. The summed E-state index contributed by atoms with van der Waals surface area (Å²) < 4.78 is 0. The Bertz CT molecular complexity index is 516. The number of nitrogens with one attached hydrogen (secondary N) is 4. The minimum Gasteiger partial charge on any atom is -0.348 e. The second-order valence-electron chi connectivity index (χ2n) is 5.46. The van der Waals surface area contributed by atoms with E-state index in [4.69, 9.17) is 0 Å². The number of urea groups is 1. The molecular weight excluding hydrogens is 304 g/mol. The fraction of sp³-hybridized carbons (Fsp3) is 0.467. The first-order valence-electron chi connectivity index (χ1n) is 7.24. The third-order valence-electron chi connectivity index (χ3n) is 3.24. The highest BCUT2D eigenvalue weighted by Crippen LogP contribution is 2.15. The number of halogens is 1. The SMILES string of the molecule is CC(C)NC(=O)Nc1ccccc1C(=O)NC1CCNC1.Cl. The molecule has 122 valence electrons. The topological polar surface area (TPSA) is 82.3 Å². The third-order valence-corrected chi connectivity index (χ3v) is 3.24. The van der Waals surface area contributed by atoms with Crippen LogP contribution >= 0.6 is 12.4 Å². The first-order chi connectivity index (χ1) is 10.1. The Morgan fingerprint density at radius 1 is 1.27 bits per heavy atom. The molecule has 6 nitrogen and oxygen atoms in total. The third kappa shape index (κ3) is 5.20. The van der Waals surface area contributed by atoms with Crippen molar-refractivity contribution in [2.24, 2.45) is 0 Å². The van der Waals surface area contributed by atoms with Gasteiger partial charge in [-0.2, -0.15) is 0 Å². The van der Waals surface area contributed by atoms with Crippen molar-refractivity contribution in [3.05, 3.63) is 29.8 Å². The standard InChI is InChI=1S/C15H22N4O2.ClH/c1-10(2)17-15(21)19-13-6-4-3-5-12(13)14(20)18-11-7-8-16-9-11;/h3-6,10-11,16H,7-9H2,1-2H3,(H,18,20)(H2,17,19,21);1H. The second kappa shape index (κ2) is 8.60. The number of hydrogen-bond donors (Lipinski definition) is 4. The number of carbonyl (C=O) groups is 2. The quantitative estimate of drug-likeness (QED) is 0.680. The number of carbonyl (C=O) groups excluding carboxylic acids is 2. The monoisotopic (exact) mass is 326 g/mol. The van der Waals surface area contributed by atoms with Crippen LogP contribution in [0.25, 0.3) is 0 Å². The van der Waals surface area contributed by atoms with Crippen molar-refractivity contribution in [1.29, 1.82) is 0 Å². The summed E-state index contributed by atoms with van der Waals surface area (Å²) in [6.07, 6.45) is 0.926. The Morgan fingerprint density at radius 3 is 2.64 bits per heavy atom. The van der Waals surface area contributed by atoms with Crippen LogP contribution in [-0.2, 0) is 0 Å². The maximum absolute atomic E-state index is 12.3. The molecule has 1 aromatic rings. The Kier molecular flexibility index (Phi) is 7.14. The molecule has 2 rings (SSSR count). The zero-order chi connectivity index (χ0) is 15.2. The first kappa shape index (κ1) is 18.3. The Balaban J connectivity index is 0.00000242. The highest BCUT2D eigenvalue weighted by molar-refractivity contribution is 6.03. The summed E-state index contributed by atoms with van der Waals surface area (Å²) in [5.74, 6) is -0.163. The summed E-state index contributed by atoms with van der Waals surface area (Å²) in [5, 5.41) is 11.6.